The highest BCUT2D eigenvalue weighted by atomic mass is 35.5. The van der Waals surface area contributed by atoms with E-state index in [0.29, 0.717) is 5.56 Å². The number of nitrogens with zero attached hydrogens (tertiary/aromatic N) is 1. The second-order valence-electron chi connectivity index (χ2n) is 5.00. The van der Waals surface area contributed by atoms with E-state index in [9.17, 15) is 19.7 Å². The maximum absolute atomic E-state index is 12.3. The number of benzene rings is 2. The van der Waals surface area contributed by atoms with Crippen LogP contribution in [0.3, 0.4) is 0 Å². The quantitative estimate of drug-likeness (QED) is 0.614. The van der Waals surface area contributed by atoms with Gasteiger partial charge in [-0.2, -0.15) is 0 Å². The van der Waals surface area contributed by atoms with E-state index in [1.54, 1.807) is 18.2 Å². The molecule has 0 radical (unpaired) electrons. The fraction of sp³-hybridized carbons (Fsp3) is 0.125. The van der Waals surface area contributed by atoms with Gasteiger partial charge in [0.25, 0.3) is 11.6 Å². The van der Waals surface area contributed by atoms with Crippen molar-refractivity contribution in [2.75, 3.05) is 0 Å². The lowest BCUT2D eigenvalue weighted by molar-refractivity contribution is -0.385. The first kappa shape index (κ1) is 17.4. The lowest BCUT2D eigenvalue weighted by Gasteiger charge is -2.16. The summed E-state index contributed by atoms with van der Waals surface area (Å²) in [6, 6.07) is 11.2. The Morgan fingerprint density at radius 1 is 1.17 bits per heavy atom. The zero-order chi connectivity index (χ0) is 17.7. The summed E-state index contributed by atoms with van der Waals surface area (Å²) in [7, 11) is 0. The van der Waals surface area contributed by atoms with E-state index in [0.717, 1.165) is 0 Å². The molecule has 0 aliphatic rings. The fourth-order valence-electron chi connectivity index (χ4n) is 2.19. The number of primary amides is 1. The monoisotopic (exact) mass is 347 g/mol. The number of nitrogens with one attached hydrogen (secondary N) is 1. The van der Waals surface area contributed by atoms with E-state index in [4.69, 9.17) is 17.3 Å². The topological polar surface area (TPSA) is 115 Å². The summed E-state index contributed by atoms with van der Waals surface area (Å²) < 4.78 is 0. The number of hydrogen-bond donors (Lipinski definition) is 2. The van der Waals surface area contributed by atoms with E-state index in [1.807, 2.05) is 0 Å². The summed E-state index contributed by atoms with van der Waals surface area (Å²) in [4.78, 5) is 34.4. The van der Waals surface area contributed by atoms with Crippen molar-refractivity contribution in [3.63, 3.8) is 0 Å². The van der Waals surface area contributed by atoms with E-state index >= 15 is 0 Å². The highest BCUT2D eigenvalue weighted by Crippen LogP contribution is 2.20. The molecule has 0 heterocycles. The van der Waals surface area contributed by atoms with Gasteiger partial charge in [-0.1, -0.05) is 41.9 Å². The second-order valence-corrected chi connectivity index (χ2v) is 5.41. The maximum Gasteiger partial charge on any atom is 0.272 e. The van der Waals surface area contributed by atoms with Crippen LogP contribution in [0, 0.1) is 10.1 Å². The van der Waals surface area contributed by atoms with E-state index in [1.165, 1.54) is 30.3 Å². The summed E-state index contributed by atoms with van der Waals surface area (Å²) in [5.74, 6) is -1.38. The van der Waals surface area contributed by atoms with Gasteiger partial charge < -0.3 is 11.1 Å². The molecule has 0 bridgehead atoms. The third-order valence-corrected chi connectivity index (χ3v) is 3.71. The smallest absolute Gasteiger partial charge is 0.272 e. The predicted octanol–water partition coefficient (Wildman–Crippen LogP) is 2.07. The first-order chi connectivity index (χ1) is 11.4. The molecule has 124 valence electrons. The van der Waals surface area contributed by atoms with Gasteiger partial charge >= 0.3 is 0 Å². The van der Waals surface area contributed by atoms with E-state index in [2.05, 4.69) is 5.32 Å². The highest BCUT2D eigenvalue weighted by Gasteiger charge is 2.24. The molecule has 7 nitrogen and oxygen atoms in total. The van der Waals surface area contributed by atoms with Crippen LogP contribution in [-0.4, -0.2) is 22.8 Å². The van der Waals surface area contributed by atoms with Crippen molar-refractivity contribution in [2.45, 2.75) is 12.5 Å². The van der Waals surface area contributed by atoms with Crippen LogP contribution in [0.25, 0.3) is 0 Å². The van der Waals surface area contributed by atoms with Gasteiger partial charge in [0.1, 0.15) is 6.04 Å². The Hall–Kier alpha value is -2.93. The number of carbonyl (C=O) groups is 2. The van der Waals surface area contributed by atoms with Gasteiger partial charge in [-0.15, -0.1) is 0 Å². The molecule has 2 rings (SSSR count). The molecule has 0 spiro atoms. The van der Waals surface area contributed by atoms with Crippen LogP contribution in [0.2, 0.25) is 5.02 Å². The summed E-state index contributed by atoms with van der Waals surface area (Å²) in [5.41, 5.74) is 5.66. The molecule has 24 heavy (non-hydrogen) atoms. The van der Waals surface area contributed by atoms with Crippen molar-refractivity contribution in [1.29, 1.82) is 0 Å². The second kappa shape index (κ2) is 7.56. The number of nitro benzene ring substituents is 1. The average molecular weight is 348 g/mol. The molecule has 0 aromatic heterocycles. The Labute approximate surface area is 142 Å². The molecule has 0 saturated carbocycles. The summed E-state index contributed by atoms with van der Waals surface area (Å²) in [6.07, 6.45) is -0.0946. The molecule has 0 saturated heterocycles. The van der Waals surface area contributed by atoms with Crippen molar-refractivity contribution >= 4 is 29.1 Å². The van der Waals surface area contributed by atoms with E-state index in [-0.39, 0.29) is 22.7 Å². The first-order valence-electron chi connectivity index (χ1n) is 6.97. The Morgan fingerprint density at radius 2 is 1.79 bits per heavy atom. The van der Waals surface area contributed by atoms with Gasteiger partial charge in [0.2, 0.25) is 5.91 Å². The SMILES string of the molecule is NC(=O)[C@@H](Cc1ccccc1[N+](=O)[O-])NC(=O)c1ccccc1Cl. The van der Waals surface area contributed by atoms with Crippen molar-refractivity contribution in [3.8, 4) is 0 Å². The summed E-state index contributed by atoms with van der Waals surface area (Å²) in [6.45, 7) is 0. The Bertz CT molecular complexity index is 794. The zero-order valence-corrected chi connectivity index (χ0v) is 13.2. The molecule has 2 amide bonds. The lowest BCUT2D eigenvalue weighted by atomic mass is 10.0. The predicted molar refractivity (Wildman–Crippen MR) is 88.7 cm³/mol. The maximum atomic E-state index is 12.3. The molecule has 2 aromatic rings. The number of para-hydroxylation sites is 1. The molecule has 3 N–H and O–H groups in total. The zero-order valence-electron chi connectivity index (χ0n) is 12.4. The Kier molecular flexibility index (Phi) is 5.49. The minimum Gasteiger partial charge on any atom is -0.368 e. The number of halogens is 1. The van der Waals surface area contributed by atoms with Crippen LogP contribution in [0.15, 0.2) is 48.5 Å². The normalized spacial score (nSPS) is 11.5. The van der Waals surface area contributed by atoms with Crippen molar-refractivity contribution < 1.29 is 14.5 Å². The van der Waals surface area contributed by atoms with Gasteiger partial charge in [-0.25, -0.2) is 0 Å². The number of carbonyl (C=O) groups excluding carboxylic acids is 2. The highest BCUT2D eigenvalue weighted by molar-refractivity contribution is 6.33. The molecule has 0 aliphatic heterocycles. The number of hydrogen-bond acceptors (Lipinski definition) is 4. The molecular formula is C16H14ClN3O4. The molecule has 8 heteroatoms. The Morgan fingerprint density at radius 3 is 2.42 bits per heavy atom. The molecular weight excluding hydrogens is 334 g/mol. The lowest BCUT2D eigenvalue weighted by Crippen LogP contribution is -2.46. The minimum atomic E-state index is -1.10. The summed E-state index contributed by atoms with van der Waals surface area (Å²) >= 11 is 5.94. The van der Waals surface area contributed by atoms with Crippen LogP contribution in [0.1, 0.15) is 15.9 Å². The average Bonchev–Trinajstić information content (AvgIpc) is 2.54. The number of rotatable bonds is 6. The standard InChI is InChI=1S/C16H14ClN3O4/c17-12-7-3-2-6-11(12)16(22)19-13(15(18)21)9-10-5-1-4-8-14(10)20(23)24/h1-8,13H,9H2,(H2,18,21)(H,19,22)/t13-/m1/s1. The van der Waals surface area contributed by atoms with Crippen LogP contribution >= 0.6 is 11.6 Å². The van der Waals surface area contributed by atoms with Gasteiger partial charge in [-0.05, 0) is 12.1 Å². The molecule has 0 unspecified atom stereocenters. The third kappa shape index (κ3) is 4.08. The van der Waals surface area contributed by atoms with Crippen LogP contribution < -0.4 is 11.1 Å². The van der Waals surface area contributed by atoms with Crippen LogP contribution in [0.4, 0.5) is 5.69 Å². The van der Waals surface area contributed by atoms with Gasteiger partial charge in [0.05, 0.1) is 15.5 Å². The molecule has 1 atom stereocenters. The Balaban J connectivity index is 2.22. The van der Waals surface area contributed by atoms with Crippen molar-refractivity contribution in [1.82, 2.24) is 5.32 Å². The first-order valence-corrected chi connectivity index (χ1v) is 7.35. The van der Waals surface area contributed by atoms with Gasteiger partial charge in [0, 0.05) is 18.1 Å². The van der Waals surface area contributed by atoms with Gasteiger partial charge in [0.15, 0.2) is 0 Å². The summed E-state index contributed by atoms with van der Waals surface area (Å²) in [5, 5.41) is 13.7. The third-order valence-electron chi connectivity index (χ3n) is 3.38. The van der Waals surface area contributed by atoms with Crippen molar-refractivity contribution in [2.24, 2.45) is 5.73 Å². The number of nitrogens with two attached hydrogens (primary N) is 1. The fourth-order valence-corrected chi connectivity index (χ4v) is 2.41. The number of nitro groups is 1. The number of amides is 2. The van der Waals surface area contributed by atoms with E-state index < -0.39 is 22.8 Å². The minimum absolute atomic E-state index is 0.0946. The van der Waals surface area contributed by atoms with Crippen LogP contribution in [0.5, 0.6) is 0 Å². The molecule has 2 aromatic carbocycles. The largest absolute Gasteiger partial charge is 0.368 e. The van der Waals surface area contributed by atoms with Crippen molar-refractivity contribution in [3.05, 3.63) is 74.8 Å². The molecule has 0 aliphatic carbocycles. The van der Waals surface area contributed by atoms with Crippen LogP contribution in [-0.2, 0) is 11.2 Å². The van der Waals surface area contributed by atoms with Gasteiger partial charge in [-0.3, -0.25) is 19.7 Å². The molecule has 0 fully saturated rings.